The van der Waals surface area contributed by atoms with Gasteiger partial charge in [-0.2, -0.15) is 0 Å². The number of nitrogens with one attached hydrogen (secondary N) is 1. The fourth-order valence-electron chi connectivity index (χ4n) is 4.12. The summed E-state index contributed by atoms with van der Waals surface area (Å²) in [5.74, 6) is -0.359. The molecule has 3 aromatic rings. The van der Waals surface area contributed by atoms with Crippen molar-refractivity contribution >= 4 is 27.3 Å². The number of nitrogens with zero attached hydrogens (tertiary/aromatic N) is 2. The van der Waals surface area contributed by atoms with Gasteiger partial charge in [-0.25, -0.2) is 8.42 Å². The predicted octanol–water partition coefficient (Wildman–Crippen LogP) is 4.36. The van der Waals surface area contributed by atoms with Crippen LogP contribution in [0.3, 0.4) is 0 Å². The van der Waals surface area contributed by atoms with Crippen molar-refractivity contribution in [2.45, 2.75) is 37.6 Å². The third-order valence-corrected chi connectivity index (χ3v) is 7.94. The molecule has 34 heavy (non-hydrogen) atoms. The lowest BCUT2D eigenvalue weighted by atomic mass is 10.1. The molecule has 1 N–H and O–H groups in total. The number of hydrogen-bond donors (Lipinski definition) is 1. The summed E-state index contributed by atoms with van der Waals surface area (Å²) in [7, 11) is -3.90. The average molecular weight is 478 g/mol. The van der Waals surface area contributed by atoms with E-state index in [2.05, 4.69) is 22.3 Å². The number of amides is 1. The summed E-state index contributed by atoms with van der Waals surface area (Å²) < 4.78 is 28.0. The van der Waals surface area contributed by atoms with Crippen LogP contribution in [0, 0.1) is 0 Å². The lowest BCUT2D eigenvalue weighted by Crippen LogP contribution is -2.40. The normalized spacial score (nSPS) is 13.6. The molecule has 0 spiro atoms. The van der Waals surface area contributed by atoms with Crippen molar-refractivity contribution in [1.82, 2.24) is 5.32 Å². The maximum atomic E-state index is 13.4. The van der Waals surface area contributed by atoms with Crippen molar-refractivity contribution in [3.05, 3.63) is 90.0 Å². The van der Waals surface area contributed by atoms with Crippen molar-refractivity contribution in [2.75, 3.05) is 28.8 Å². The van der Waals surface area contributed by atoms with Gasteiger partial charge in [0.05, 0.1) is 10.6 Å². The topological polar surface area (TPSA) is 69.7 Å². The third kappa shape index (κ3) is 5.59. The molecule has 1 aliphatic heterocycles. The number of rotatable bonds is 9. The van der Waals surface area contributed by atoms with Gasteiger partial charge in [-0.15, -0.1) is 0 Å². The van der Waals surface area contributed by atoms with E-state index < -0.39 is 10.0 Å². The van der Waals surface area contributed by atoms with E-state index in [4.69, 9.17) is 0 Å². The molecule has 1 fully saturated rings. The number of benzene rings is 3. The van der Waals surface area contributed by atoms with Crippen LogP contribution in [-0.2, 0) is 27.8 Å². The minimum absolute atomic E-state index is 0.153. The maximum Gasteiger partial charge on any atom is 0.264 e. The Morgan fingerprint density at radius 2 is 1.50 bits per heavy atom. The van der Waals surface area contributed by atoms with Crippen LogP contribution in [0.1, 0.15) is 30.9 Å². The van der Waals surface area contributed by atoms with E-state index in [0.717, 1.165) is 30.6 Å². The third-order valence-electron chi connectivity index (χ3n) is 6.15. The molecule has 1 amide bonds. The molecule has 1 aliphatic rings. The molecule has 4 rings (SSSR count). The van der Waals surface area contributed by atoms with E-state index in [0.29, 0.717) is 12.2 Å². The minimum atomic E-state index is -3.90. The van der Waals surface area contributed by atoms with Crippen molar-refractivity contribution in [3.63, 3.8) is 0 Å². The number of sulfonamides is 1. The van der Waals surface area contributed by atoms with Gasteiger partial charge in [-0.1, -0.05) is 49.4 Å². The first kappa shape index (κ1) is 23.8. The van der Waals surface area contributed by atoms with Crippen LogP contribution in [0.4, 0.5) is 11.4 Å². The molecule has 178 valence electrons. The Balaban J connectivity index is 1.47. The summed E-state index contributed by atoms with van der Waals surface area (Å²) in [6.45, 7) is 4.25. The lowest BCUT2D eigenvalue weighted by molar-refractivity contribution is -0.119. The fourth-order valence-corrected chi connectivity index (χ4v) is 5.56. The molecular formula is C27H31N3O3S. The molecule has 0 radical (unpaired) electrons. The molecule has 7 heteroatoms. The minimum Gasteiger partial charge on any atom is -0.372 e. The van der Waals surface area contributed by atoms with Crippen LogP contribution in [0.25, 0.3) is 0 Å². The summed E-state index contributed by atoms with van der Waals surface area (Å²) in [5, 5.41) is 2.88. The number of carbonyl (C=O) groups is 1. The number of hydrogen-bond acceptors (Lipinski definition) is 4. The Morgan fingerprint density at radius 3 is 2.12 bits per heavy atom. The molecule has 0 unspecified atom stereocenters. The molecular weight excluding hydrogens is 446 g/mol. The van der Waals surface area contributed by atoms with E-state index in [1.165, 1.54) is 22.8 Å². The highest BCUT2D eigenvalue weighted by atomic mass is 32.2. The van der Waals surface area contributed by atoms with Crippen LogP contribution < -0.4 is 14.5 Å². The number of anilines is 2. The smallest absolute Gasteiger partial charge is 0.264 e. The van der Waals surface area contributed by atoms with Crippen molar-refractivity contribution < 1.29 is 13.2 Å². The highest BCUT2D eigenvalue weighted by Crippen LogP contribution is 2.24. The summed E-state index contributed by atoms with van der Waals surface area (Å²) in [6, 6.07) is 23.7. The van der Waals surface area contributed by atoms with Gasteiger partial charge in [-0.3, -0.25) is 9.10 Å². The molecule has 0 bridgehead atoms. The van der Waals surface area contributed by atoms with Crippen molar-refractivity contribution in [1.29, 1.82) is 0 Å². The Kier molecular flexibility index (Phi) is 7.53. The second kappa shape index (κ2) is 10.7. The maximum absolute atomic E-state index is 13.4. The predicted molar refractivity (Wildman–Crippen MR) is 137 cm³/mol. The Morgan fingerprint density at radius 1 is 0.882 bits per heavy atom. The van der Waals surface area contributed by atoms with Gasteiger partial charge in [0.15, 0.2) is 0 Å². The van der Waals surface area contributed by atoms with Gasteiger partial charge in [0.25, 0.3) is 10.0 Å². The zero-order valence-electron chi connectivity index (χ0n) is 19.5. The standard InChI is InChI=1S/C27H31N3O3S/c1-2-22-10-16-25(17-11-22)30(34(32,33)26-8-4-3-5-9-26)21-27(31)28-20-23-12-14-24(15-13-23)29-18-6-7-19-29/h3-5,8-17H,2,6-7,18-21H2,1H3,(H,28,31). The van der Waals surface area contributed by atoms with E-state index in [9.17, 15) is 13.2 Å². The quantitative estimate of drug-likeness (QED) is 0.497. The molecule has 1 heterocycles. The number of aryl methyl sites for hydroxylation is 1. The van der Waals surface area contributed by atoms with E-state index in [1.807, 2.05) is 31.2 Å². The van der Waals surface area contributed by atoms with E-state index in [1.54, 1.807) is 42.5 Å². The van der Waals surface area contributed by atoms with Crippen LogP contribution >= 0.6 is 0 Å². The molecule has 1 saturated heterocycles. The van der Waals surface area contributed by atoms with Gasteiger partial charge in [0.1, 0.15) is 6.54 Å². The van der Waals surface area contributed by atoms with Gasteiger partial charge in [-0.05, 0) is 66.8 Å². The zero-order valence-corrected chi connectivity index (χ0v) is 20.3. The van der Waals surface area contributed by atoms with Crippen LogP contribution in [-0.4, -0.2) is 34.0 Å². The molecule has 0 saturated carbocycles. The second-order valence-electron chi connectivity index (χ2n) is 8.48. The highest BCUT2D eigenvalue weighted by Gasteiger charge is 2.27. The Labute approximate surface area is 202 Å². The van der Waals surface area contributed by atoms with Gasteiger partial charge < -0.3 is 10.2 Å². The summed E-state index contributed by atoms with van der Waals surface area (Å²) >= 11 is 0. The summed E-state index contributed by atoms with van der Waals surface area (Å²) in [4.78, 5) is 15.4. The monoisotopic (exact) mass is 477 g/mol. The van der Waals surface area contributed by atoms with Gasteiger partial charge in [0, 0.05) is 25.3 Å². The molecule has 0 atom stereocenters. The van der Waals surface area contributed by atoms with Gasteiger partial charge >= 0.3 is 0 Å². The second-order valence-corrected chi connectivity index (χ2v) is 10.3. The van der Waals surface area contributed by atoms with Crippen molar-refractivity contribution in [2.24, 2.45) is 0 Å². The van der Waals surface area contributed by atoms with E-state index in [-0.39, 0.29) is 17.3 Å². The largest absolute Gasteiger partial charge is 0.372 e. The first-order valence-electron chi connectivity index (χ1n) is 11.7. The first-order valence-corrected chi connectivity index (χ1v) is 13.2. The summed E-state index contributed by atoms with van der Waals surface area (Å²) in [6.07, 6.45) is 3.30. The Bertz CT molecular complexity index is 1190. The Hall–Kier alpha value is -3.32. The van der Waals surface area contributed by atoms with Gasteiger partial charge in [0.2, 0.25) is 5.91 Å². The highest BCUT2D eigenvalue weighted by molar-refractivity contribution is 7.92. The molecule has 6 nitrogen and oxygen atoms in total. The SMILES string of the molecule is CCc1ccc(N(CC(=O)NCc2ccc(N3CCCC3)cc2)S(=O)(=O)c2ccccc2)cc1. The fraction of sp³-hybridized carbons (Fsp3) is 0.296. The van der Waals surface area contributed by atoms with E-state index >= 15 is 0 Å². The van der Waals surface area contributed by atoms with Crippen molar-refractivity contribution in [3.8, 4) is 0 Å². The molecule has 0 aromatic heterocycles. The summed E-state index contributed by atoms with van der Waals surface area (Å²) in [5.41, 5.74) is 3.73. The number of carbonyl (C=O) groups excluding carboxylic acids is 1. The molecule has 3 aromatic carbocycles. The molecule has 0 aliphatic carbocycles. The van der Waals surface area contributed by atoms with Crippen LogP contribution in [0.15, 0.2) is 83.8 Å². The van der Waals surface area contributed by atoms with Crippen LogP contribution in [0.5, 0.6) is 0 Å². The first-order chi connectivity index (χ1) is 16.5. The average Bonchev–Trinajstić information content (AvgIpc) is 3.42. The van der Waals surface area contributed by atoms with Crippen LogP contribution in [0.2, 0.25) is 0 Å². The zero-order chi connectivity index (χ0) is 24.0. The lowest BCUT2D eigenvalue weighted by Gasteiger charge is -2.24.